The molecule has 0 spiro atoms. The molecular formula is C18H37IN6S. The molecule has 0 amide bonds. The van der Waals surface area contributed by atoms with E-state index in [1.165, 1.54) is 0 Å². The number of nitrogens with one attached hydrogen (secondary N) is 2. The maximum Gasteiger partial charge on any atom is 0.191 e. The largest absolute Gasteiger partial charge is 0.357 e. The quantitative estimate of drug-likeness (QED) is 0.170. The van der Waals surface area contributed by atoms with Crippen LogP contribution in [0.25, 0.3) is 0 Å². The second kappa shape index (κ2) is 13.6. The van der Waals surface area contributed by atoms with E-state index in [-0.39, 0.29) is 24.0 Å². The predicted molar refractivity (Wildman–Crippen MR) is 124 cm³/mol. The molecule has 0 aliphatic carbocycles. The van der Waals surface area contributed by atoms with Crippen LogP contribution >= 0.6 is 35.7 Å². The number of aromatic nitrogens is 3. The topological polar surface area (TPSA) is 67.1 Å². The van der Waals surface area contributed by atoms with Gasteiger partial charge >= 0.3 is 0 Å². The van der Waals surface area contributed by atoms with E-state index in [9.17, 15) is 0 Å². The number of halogens is 1. The third-order valence-electron chi connectivity index (χ3n) is 4.06. The second-order valence-corrected chi connectivity index (χ2v) is 7.92. The number of guanidine groups is 1. The van der Waals surface area contributed by atoms with Crippen LogP contribution in [0, 0.1) is 11.8 Å². The van der Waals surface area contributed by atoms with Gasteiger partial charge < -0.3 is 15.2 Å². The molecule has 8 heteroatoms. The summed E-state index contributed by atoms with van der Waals surface area (Å²) in [6.45, 7) is 15.8. The first kappa shape index (κ1) is 25.5. The zero-order chi connectivity index (χ0) is 18.8. The first-order valence-corrected chi connectivity index (χ1v) is 10.6. The molecule has 1 heterocycles. The standard InChI is InChI=1S/C18H36N6S.HI/c1-8-19-17(21-15(6)14(4)5)20-11-9-10-16-22-23-18(25-7)24(16)12-13(2)3;/h13-15H,8-12H2,1-7H3,(H2,19,20,21);1H. The zero-order valence-electron chi connectivity index (χ0n) is 17.4. The lowest BCUT2D eigenvalue weighted by Crippen LogP contribution is -2.44. The van der Waals surface area contributed by atoms with Crippen LogP contribution in [0.5, 0.6) is 0 Å². The molecule has 1 aromatic heterocycles. The molecule has 6 nitrogen and oxygen atoms in total. The van der Waals surface area contributed by atoms with Gasteiger partial charge in [-0.2, -0.15) is 0 Å². The molecule has 0 fully saturated rings. The van der Waals surface area contributed by atoms with Crippen LogP contribution in [0.4, 0.5) is 0 Å². The number of aliphatic imine (C=N–C) groups is 1. The Hall–Kier alpha value is -0.510. The van der Waals surface area contributed by atoms with Gasteiger partial charge in [0.15, 0.2) is 11.1 Å². The summed E-state index contributed by atoms with van der Waals surface area (Å²) in [4.78, 5) is 4.70. The van der Waals surface area contributed by atoms with E-state index in [4.69, 9.17) is 4.99 Å². The molecule has 0 aliphatic heterocycles. The smallest absolute Gasteiger partial charge is 0.191 e. The average molecular weight is 497 g/mol. The van der Waals surface area contributed by atoms with Crippen molar-refractivity contribution in [3.8, 4) is 0 Å². The van der Waals surface area contributed by atoms with Gasteiger partial charge in [0.05, 0.1) is 0 Å². The van der Waals surface area contributed by atoms with Gasteiger partial charge in [-0.3, -0.25) is 4.99 Å². The van der Waals surface area contributed by atoms with Gasteiger partial charge in [0, 0.05) is 32.1 Å². The summed E-state index contributed by atoms with van der Waals surface area (Å²) in [5, 5.41) is 16.5. The first-order valence-electron chi connectivity index (χ1n) is 9.39. The Balaban J connectivity index is 0.00000625. The van der Waals surface area contributed by atoms with Crippen LogP contribution in [-0.4, -0.2) is 46.1 Å². The van der Waals surface area contributed by atoms with Crippen molar-refractivity contribution in [1.82, 2.24) is 25.4 Å². The SMILES string of the molecule is CCNC(=NCCCc1nnc(SC)n1CC(C)C)NC(C)C(C)C.I. The molecule has 1 rings (SSSR count). The average Bonchev–Trinajstić information content (AvgIpc) is 2.92. The number of aryl methyl sites for hydroxylation is 1. The molecule has 2 N–H and O–H groups in total. The summed E-state index contributed by atoms with van der Waals surface area (Å²) >= 11 is 1.66. The van der Waals surface area contributed by atoms with Gasteiger partial charge in [0.1, 0.15) is 5.82 Å². The molecule has 1 atom stereocenters. The molecule has 0 saturated heterocycles. The van der Waals surface area contributed by atoms with Gasteiger partial charge in [0.25, 0.3) is 0 Å². The Bertz CT molecular complexity index is 530. The van der Waals surface area contributed by atoms with Crippen molar-refractivity contribution in [2.75, 3.05) is 19.3 Å². The van der Waals surface area contributed by atoms with E-state index in [1.54, 1.807) is 11.8 Å². The van der Waals surface area contributed by atoms with Crippen molar-refractivity contribution >= 4 is 41.7 Å². The lowest BCUT2D eigenvalue weighted by Gasteiger charge is -2.20. The summed E-state index contributed by atoms with van der Waals surface area (Å²) in [5.41, 5.74) is 0. The molecular weight excluding hydrogens is 459 g/mol. The molecule has 26 heavy (non-hydrogen) atoms. The fraction of sp³-hybridized carbons (Fsp3) is 0.833. The minimum Gasteiger partial charge on any atom is -0.357 e. The van der Waals surface area contributed by atoms with Crippen LogP contribution in [0.2, 0.25) is 0 Å². The zero-order valence-corrected chi connectivity index (χ0v) is 20.5. The Morgan fingerprint density at radius 1 is 1.19 bits per heavy atom. The van der Waals surface area contributed by atoms with Crippen LogP contribution in [0.3, 0.4) is 0 Å². The van der Waals surface area contributed by atoms with E-state index in [2.05, 4.69) is 73.2 Å². The van der Waals surface area contributed by atoms with Crippen molar-refractivity contribution in [3.05, 3.63) is 5.82 Å². The van der Waals surface area contributed by atoms with Crippen LogP contribution in [0.15, 0.2) is 10.1 Å². The number of rotatable bonds is 10. The molecule has 1 unspecified atom stereocenters. The lowest BCUT2D eigenvalue weighted by molar-refractivity contribution is 0.476. The van der Waals surface area contributed by atoms with E-state index in [0.717, 1.165) is 49.4 Å². The van der Waals surface area contributed by atoms with Gasteiger partial charge in [0.2, 0.25) is 0 Å². The van der Waals surface area contributed by atoms with E-state index in [0.29, 0.717) is 17.9 Å². The normalized spacial score (nSPS) is 13.0. The van der Waals surface area contributed by atoms with E-state index in [1.807, 2.05) is 0 Å². The fourth-order valence-electron chi connectivity index (χ4n) is 2.33. The Kier molecular flexibility index (Phi) is 13.4. The number of hydrogen-bond donors (Lipinski definition) is 2. The van der Waals surface area contributed by atoms with Crippen LogP contribution < -0.4 is 10.6 Å². The monoisotopic (exact) mass is 496 g/mol. The first-order chi connectivity index (χ1) is 11.9. The molecule has 1 aromatic rings. The van der Waals surface area contributed by atoms with E-state index < -0.39 is 0 Å². The number of nitrogens with zero attached hydrogens (tertiary/aromatic N) is 4. The maximum atomic E-state index is 4.70. The summed E-state index contributed by atoms with van der Waals surface area (Å²) < 4.78 is 2.25. The highest BCUT2D eigenvalue weighted by Gasteiger charge is 2.12. The third kappa shape index (κ3) is 8.92. The molecule has 0 aliphatic rings. The van der Waals surface area contributed by atoms with Gasteiger partial charge in [-0.15, -0.1) is 34.2 Å². The number of thioether (sulfide) groups is 1. The molecule has 0 saturated carbocycles. The maximum absolute atomic E-state index is 4.70. The summed E-state index contributed by atoms with van der Waals surface area (Å²) in [5.74, 6) is 3.13. The molecule has 0 bridgehead atoms. The van der Waals surface area contributed by atoms with Gasteiger partial charge in [-0.25, -0.2) is 0 Å². The van der Waals surface area contributed by atoms with Crippen molar-refractivity contribution in [3.63, 3.8) is 0 Å². The fourth-order valence-corrected chi connectivity index (χ4v) is 2.86. The van der Waals surface area contributed by atoms with Crippen LogP contribution in [0.1, 0.15) is 53.8 Å². The summed E-state index contributed by atoms with van der Waals surface area (Å²) in [7, 11) is 0. The molecule has 0 aromatic carbocycles. The van der Waals surface area contributed by atoms with Gasteiger partial charge in [-0.1, -0.05) is 39.5 Å². The highest BCUT2D eigenvalue weighted by Crippen LogP contribution is 2.16. The number of hydrogen-bond acceptors (Lipinski definition) is 4. The molecule has 152 valence electrons. The van der Waals surface area contributed by atoms with E-state index >= 15 is 0 Å². The lowest BCUT2D eigenvalue weighted by atomic mass is 10.1. The molecule has 0 radical (unpaired) electrons. The minimum absolute atomic E-state index is 0. The Morgan fingerprint density at radius 2 is 1.88 bits per heavy atom. The highest BCUT2D eigenvalue weighted by molar-refractivity contribution is 14.0. The highest BCUT2D eigenvalue weighted by atomic mass is 127. The van der Waals surface area contributed by atoms with Gasteiger partial charge in [-0.05, 0) is 38.4 Å². The minimum atomic E-state index is 0. The summed E-state index contributed by atoms with van der Waals surface area (Å²) in [6.07, 6.45) is 3.93. The van der Waals surface area contributed by atoms with Crippen LogP contribution in [-0.2, 0) is 13.0 Å². The Labute approximate surface area is 180 Å². The third-order valence-corrected chi connectivity index (χ3v) is 4.73. The van der Waals surface area contributed by atoms with Crippen molar-refractivity contribution in [1.29, 1.82) is 0 Å². The van der Waals surface area contributed by atoms with Crippen molar-refractivity contribution in [2.45, 2.75) is 72.1 Å². The second-order valence-electron chi connectivity index (χ2n) is 7.15. The Morgan fingerprint density at radius 3 is 2.42 bits per heavy atom. The summed E-state index contributed by atoms with van der Waals surface area (Å²) in [6, 6.07) is 0.399. The predicted octanol–water partition coefficient (Wildman–Crippen LogP) is 3.81. The van der Waals surface area contributed by atoms with Crippen molar-refractivity contribution < 1.29 is 0 Å². The van der Waals surface area contributed by atoms with Crippen molar-refractivity contribution in [2.24, 2.45) is 16.8 Å².